The van der Waals surface area contributed by atoms with Crippen molar-refractivity contribution >= 4 is 37.5 Å². The molecule has 0 aromatic heterocycles. The topological polar surface area (TPSA) is 57.7 Å². The van der Waals surface area contributed by atoms with Crippen LogP contribution in [0.4, 0.5) is 5.69 Å². The number of hydrogen-bond donors (Lipinski definition) is 0. The van der Waals surface area contributed by atoms with E-state index in [0.717, 1.165) is 29.5 Å². The molecular formula is C27H27BrN2O3S. The van der Waals surface area contributed by atoms with Gasteiger partial charge in [-0.05, 0) is 54.5 Å². The average molecular weight is 539 g/mol. The van der Waals surface area contributed by atoms with Crippen LogP contribution < -0.4 is 4.90 Å². The monoisotopic (exact) mass is 538 g/mol. The van der Waals surface area contributed by atoms with Crippen LogP contribution in [0.3, 0.4) is 0 Å². The van der Waals surface area contributed by atoms with Gasteiger partial charge in [-0.3, -0.25) is 4.79 Å². The van der Waals surface area contributed by atoms with E-state index in [2.05, 4.69) is 15.9 Å². The number of sulfonamides is 1. The summed E-state index contributed by atoms with van der Waals surface area (Å²) in [6.07, 6.45) is 3.05. The zero-order chi connectivity index (χ0) is 23.7. The van der Waals surface area contributed by atoms with E-state index >= 15 is 0 Å². The molecule has 0 atom stereocenters. The highest BCUT2D eigenvalue weighted by Gasteiger charge is 2.40. The number of nitrogens with zero attached hydrogens (tertiary/aromatic N) is 2. The predicted molar refractivity (Wildman–Crippen MR) is 137 cm³/mol. The molecular weight excluding hydrogens is 512 g/mol. The quantitative estimate of drug-likeness (QED) is 0.397. The Bertz CT molecular complexity index is 1290. The van der Waals surface area contributed by atoms with Gasteiger partial charge in [-0.15, -0.1) is 0 Å². The fourth-order valence-corrected chi connectivity index (χ4v) is 6.89. The van der Waals surface area contributed by atoms with Crippen LogP contribution in [0.15, 0.2) is 82.2 Å². The summed E-state index contributed by atoms with van der Waals surface area (Å²) in [7, 11) is -3.88. The average Bonchev–Trinajstić information content (AvgIpc) is 3.61. The normalized spacial score (nSPS) is 15.5. The summed E-state index contributed by atoms with van der Waals surface area (Å²) in [6.45, 7) is 1.15. The molecule has 0 saturated heterocycles. The highest BCUT2D eigenvalue weighted by Crippen LogP contribution is 2.42. The number of hydrogen-bond acceptors (Lipinski definition) is 3. The summed E-state index contributed by atoms with van der Waals surface area (Å²) < 4.78 is 30.6. The molecule has 1 aliphatic carbocycles. The SMILES string of the molecule is O=C(C1CC1)N1CCc2cc(Br)cc(S(=O)(=O)N(CCc3ccccc3)Cc3ccccc3)c21. The van der Waals surface area contributed by atoms with Crippen LogP contribution in [-0.2, 0) is 34.2 Å². The van der Waals surface area contributed by atoms with Crippen molar-refractivity contribution in [3.63, 3.8) is 0 Å². The number of halogens is 1. The van der Waals surface area contributed by atoms with Crippen molar-refractivity contribution in [3.05, 3.63) is 94.0 Å². The summed E-state index contributed by atoms with van der Waals surface area (Å²) in [5.41, 5.74) is 3.49. The number of amides is 1. The molecule has 0 N–H and O–H groups in total. The van der Waals surface area contributed by atoms with Gasteiger partial charge in [-0.25, -0.2) is 8.42 Å². The Hall–Kier alpha value is -2.48. The van der Waals surface area contributed by atoms with E-state index in [1.165, 1.54) is 0 Å². The zero-order valence-corrected chi connectivity index (χ0v) is 21.3. The first-order valence-electron chi connectivity index (χ1n) is 11.7. The van der Waals surface area contributed by atoms with Gasteiger partial charge in [0.1, 0.15) is 4.90 Å². The molecule has 3 aromatic rings. The predicted octanol–water partition coefficient (Wildman–Crippen LogP) is 5.18. The lowest BCUT2D eigenvalue weighted by Crippen LogP contribution is -2.35. The molecule has 176 valence electrons. The van der Waals surface area contributed by atoms with Crippen LogP contribution >= 0.6 is 15.9 Å². The van der Waals surface area contributed by atoms with Crippen molar-refractivity contribution in [2.45, 2.75) is 37.1 Å². The van der Waals surface area contributed by atoms with E-state index in [9.17, 15) is 13.2 Å². The third kappa shape index (κ3) is 4.83. The standard InChI is InChI=1S/C27H27BrN2O3S/c28-24-17-23-14-16-30(27(31)22-11-12-22)26(23)25(18-24)34(32,33)29(19-21-9-5-2-6-10-21)15-13-20-7-3-1-4-8-20/h1-10,17-18,22H,11-16,19H2. The Kier molecular flexibility index (Phi) is 6.60. The Morgan fingerprint density at radius 1 is 0.971 bits per heavy atom. The Morgan fingerprint density at radius 2 is 1.62 bits per heavy atom. The first-order valence-corrected chi connectivity index (χ1v) is 13.9. The van der Waals surface area contributed by atoms with E-state index in [-0.39, 0.29) is 23.3 Å². The van der Waals surface area contributed by atoms with E-state index < -0.39 is 10.0 Å². The van der Waals surface area contributed by atoms with Crippen LogP contribution in [0.25, 0.3) is 0 Å². The molecule has 0 bridgehead atoms. The van der Waals surface area contributed by atoms with Crippen molar-refractivity contribution in [1.82, 2.24) is 4.31 Å². The van der Waals surface area contributed by atoms with Crippen molar-refractivity contribution in [3.8, 4) is 0 Å². The Balaban J connectivity index is 1.53. The highest BCUT2D eigenvalue weighted by atomic mass is 79.9. The lowest BCUT2D eigenvalue weighted by molar-refractivity contribution is -0.119. The van der Waals surface area contributed by atoms with Crippen molar-refractivity contribution in [2.24, 2.45) is 5.92 Å². The van der Waals surface area contributed by atoms with Crippen LogP contribution in [0.5, 0.6) is 0 Å². The lowest BCUT2D eigenvalue weighted by atomic mass is 10.1. The van der Waals surface area contributed by atoms with Gasteiger partial charge in [-0.1, -0.05) is 76.6 Å². The van der Waals surface area contributed by atoms with Gasteiger partial charge >= 0.3 is 0 Å². The molecule has 2 aliphatic rings. The van der Waals surface area contributed by atoms with Gasteiger partial charge in [0.15, 0.2) is 0 Å². The summed E-state index contributed by atoms with van der Waals surface area (Å²) in [4.78, 5) is 14.9. The fraction of sp³-hybridized carbons (Fsp3) is 0.296. The maximum Gasteiger partial charge on any atom is 0.245 e. The maximum absolute atomic E-state index is 14.2. The van der Waals surface area contributed by atoms with Crippen LogP contribution in [0, 0.1) is 5.92 Å². The number of anilines is 1. The van der Waals surface area contributed by atoms with E-state index in [1.807, 2.05) is 66.7 Å². The number of benzene rings is 3. The summed E-state index contributed by atoms with van der Waals surface area (Å²) >= 11 is 3.51. The number of fused-ring (bicyclic) bond motifs is 1. The number of carbonyl (C=O) groups excluding carboxylic acids is 1. The fourth-order valence-electron chi connectivity index (χ4n) is 4.55. The van der Waals surface area contributed by atoms with Gasteiger partial charge in [-0.2, -0.15) is 4.31 Å². The van der Waals surface area contributed by atoms with E-state index in [0.29, 0.717) is 36.1 Å². The van der Waals surface area contributed by atoms with Gasteiger partial charge in [0.25, 0.3) is 0 Å². The van der Waals surface area contributed by atoms with Crippen molar-refractivity contribution < 1.29 is 13.2 Å². The Labute approximate surface area is 209 Å². The van der Waals surface area contributed by atoms with Gasteiger partial charge in [0, 0.05) is 30.0 Å². The molecule has 5 rings (SSSR count). The molecule has 3 aromatic carbocycles. The third-order valence-electron chi connectivity index (χ3n) is 6.50. The van der Waals surface area contributed by atoms with Gasteiger partial charge in [0.05, 0.1) is 5.69 Å². The van der Waals surface area contributed by atoms with Crippen molar-refractivity contribution in [1.29, 1.82) is 0 Å². The first kappa shape index (κ1) is 23.3. The second kappa shape index (κ2) is 9.64. The molecule has 0 unspecified atom stereocenters. The number of carbonyl (C=O) groups is 1. The lowest BCUT2D eigenvalue weighted by Gasteiger charge is -2.26. The second-order valence-electron chi connectivity index (χ2n) is 8.99. The molecule has 1 amide bonds. The van der Waals surface area contributed by atoms with Crippen LogP contribution in [0.2, 0.25) is 0 Å². The summed E-state index contributed by atoms with van der Waals surface area (Å²) in [5.74, 6) is 0.0834. The van der Waals surface area contributed by atoms with E-state index in [4.69, 9.17) is 0 Å². The molecule has 1 saturated carbocycles. The summed E-state index contributed by atoms with van der Waals surface area (Å²) in [5, 5.41) is 0. The molecule has 0 radical (unpaired) electrons. The van der Waals surface area contributed by atoms with Crippen LogP contribution in [-0.4, -0.2) is 31.7 Å². The third-order valence-corrected chi connectivity index (χ3v) is 8.81. The minimum atomic E-state index is -3.88. The van der Waals surface area contributed by atoms with Crippen molar-refractivity contribution in [2.75, 3.05) is 18.0 Å². The molecule has 7 heteroatoms. The zero-order valence-electron chi connectivity index (χ0n) is 18.9. The smallest absolute Gasteiger partial charge is 0.245 e. The second-order valence-corrected chi connectivity index (χ2v) is 11.8. The molecule has 0 spiro atoms. The van der Waals surface area contributed by atoms with Gasteiger partial charge < -0.3 is 4.90 Å². The minimum absolute atomic E-state index is 0.0312. The van der Waals surface area contributed by atoms with Gasteiger partial charge in [0.2, 0.25) is 15.9 Å². The number of rotatable bonds is 8. The van der Waals surface area contributed by atoms with E-state index in [1.54, 1.807) is 15.3 Å². The Morgan fingerprint density at radius 3 is 2.26 bits per heavy atom. The summed E-state index contributed by atoms with van der Waals surface area (Å²) in [6, 6.07) is 23.2. The molecule has 1 heterocycles. The highest BCUT2D eigenvalue weighted by molar-refractivity contribution is 9.10. The first-order chi connectivity index (χ1) is 16.4. The minimum Gasteiger partial charge on any atom is -0.310 e. The molecule has 1 aliphatic heterocycles. The molecule has 34 heavy (non-hydrogen) atoms. The maximum atomic E-state index is 14.2. The largest absolute Gasteiger partial charge is 0.310 e. The molecule has 5 nitrogen and oxygen atoms in total. The van der Waals surface area contributed by atoms with Crippen LogP contribution in [0.1, 0.15) is 29.5 Å². The molecule has 1 fully saturated rings.